The number of hydrogen-bond acceptors (Lipinski definition) is 8. The van der Waals surface area contributed by atoms with E-state index in [1.165, 1.54) is 35.7 Å². The minimum atomic E-state index is -4.56. The van der Waals surface area contributed by atoms with Crippen LogP contribution in [0.3, 0.4) is 0 Å². The lowest BCUT2D eigenvalue weighted by atomic mass is 9.96. The molecule has 0 bridgehead atoms. The Morgan fingerprint density at radius 1 is 0.574 bits per heavy atom. The number of alkyl halides is 3. The minimum absolute atomic E-state index is 0.0552. The fraction of sp³-hybridized carbons (Fsp3) is 0.104. The summed E-state index contributed by atoms with van der Waals surface area (Å²) < 4.78 is 41.2. The quantitative estimate of drug-likeness (QED) is 0.141. The number of nitrogens with zero attached hydrogens (tertiary/aromatic N) is 5. The fourth-order valence-electron chi connectivity index (χ4n) is 6.39. The first-order valence-electron chi connectivity index (χ1n) is 19.1. The van der Waals surface area contributed by atoms with Crippen molar-refractivity contribution in [2.24, 2.45) is 0 Å². The molecule has 2 N–H and O–H groups in total. The van der Waals surface area contributed by atoms with Gasteiger partial charge in [0.05, 0.1) is 29.8 Å². The van der Waals surface area contributed by atoms with Crippen molar-refractivity contribution in [2.45, 2.75) is 32.9 Å². The molecule has 2 amide bonds. The van der Waals surface area contributed by atoms with Gasteiger partial charge in [0.25, 0.3) is 0 Å². The topological polar surface area (TPSA) is 123 Å². The van der Waals surface area contributed by atoms with Crippen molar-refractivity contribution in [3.05, 3.63) is 186 Å². The molecule has 0 saturated carbocycles. The van der Waals surface area contributed by atoms with Gasteiger partial charge in [0.15, 0.2) is 5.13 Å². The summed E-state index contributed by atoms with van der Waals surface area (Å²) in [4.78, 5) is 46.1. The van der Waals surface area contributed by atoms with Crippen molar-refractivity contribution < 1.29 is 22.8 Å². The fourth-order valence-corrected chi connectivity index (χ4v) is 7.12. The molecule has 3 aromatic carbocycles. The monoisotopic (exact) mass is 833 g/mol. The largest absolute Gasteiger partial charge is 0.417 e. The molecule has 0 aliphatic rings. The summed E-state index contributed by atoms with van der Waals surface area (Å²) in [7, 11) is 0. The molecule has 304 valence electrons. The van der Waals surface area contributed by atoms with Gasteiger partial charge in [-0.05, 0) is 102 Å². The molecule has 0 spiro atoms. The van der Waals surface area contributed by atoms with E-state index < -0.39 is 17.6 Å². The zero-order valence-electron chi connectivity index (χ0n) is 33.0. The van der Waals surface area contributed by atoms with Crippen molar-refractivity contribution in [3.63, 3.8) is 0 Å². The number of hydrogen-bond donors (Lipinski definition) is 2. The molecule has 0 atom stereocenters. The smallest absolute Gasteiger partial charge is 0.310 e. The lowest BCUT2D eigenvalue weighted by molar-refractivity contribution is -0.137. The maximum Gasteiger partial charge on any atom is 0.417 e. The second kappa shape index (κ2) is 19.1. The Morgan fingerprint density at radius 2 is 1.23 bits per heavy atom. The number of aromatic nitrogens is 5. The van der Waals surface area contributed by atoms with Gasteiger partial charge in [0, 0.05) is 52.7 Å². The number of thiazole rings is 1. The van der Waals surface area contributed by atoms with E-state index in [0.717, 1.165) is 51.0 Å². The Morgan fingerprint density at radius 3 is 1.90 bits per heavy atom. The van der Waals surface area contributed by atoms with Gasteiger partial charge in [0.2, 0.25) is 11.8 Å². The Hall–Kier alpha value is -7.38. The van der Waals surface area contributed by atoms with E-state index in [0.29, 0.717) is 28.6 Å². The number of benzene rings is 3. The number of anilines is 2. The molecule has 0 aliphatic carbocycles. The molecule has 9 nitrogen and oxygen atoms in total. The number of rotatable bonds is 10. The van der Waals surface area contributed by atoms with E-state index in [1.807, 2.05) is 103 Å². The third-order valence-corrected chi connectivity index (χ3v) is 10.1. The molecule has 13 heteroatoms. The predicted octanol–water partition coefficient (Wildman–Crippen LogP) is 11.1. The minimum Gasteiger partial charge on any atom is -0.310 e. The average Bonchev–Trinajstić information content (AvgIpc) is 3.73. The number of amides is 2. The predicted molar refractivity (Wildman–Crippen MR) is 234 cm³/mol. The molecule has 0 radical (unpaired) electrons. The average molecular weight is 834 g/mol. The SMILES string of the molecule is Cc1cc(-c2ccc(CC(=O)Nc3ccc(-c4ccccn4)cn3)cc2)ccn1.Cc1cc(-c2ccc(CC(=O)Nc3nc(-c4ccccc4)cs3)cc2C(F)(F)F)ccn1. The van der Waals surface area contributed by atoms with E-state index in [2.05, 4.69) is 35.6 Å². The zero-order valence-corrected chi connectivity index (χ0v) is 33.8. The van der Waals surface area contributed by atoms with Gasteiger partial charge in [-0.25, -0.2) is 9.97 Å². The van der Waals surface area contributed by atoms with Crippen LogP contribution >= 0.6 is 11.3 Å². The summed E-state index contributed by atoms with van der Waals surface area (Å²) in [6, 6.07) is 38.0. The second-order valence-electron chi connectivity index (χ2n) is 13.9. The van der Waals surface area contributed by atoms with Crippen LogP contribution in [0.25, 0.3) is 44.8 Å². The van der Waals surface area contributed by atoms with E-state index in [-0.39, 0.29) is 23.5 Å². The molecule has 0 fully saturated rings. The normalized spacial score (nSPS) is 11.0. The van der Waals surface area contributed by atoms with Crippen molar-refractivity contribution in [2.75, 3.05) is 10.6 Å². The molecule has 5 heterocycles. The number of halogens is 3. The van der Waals surface area contributed by atoms with E-state index in [4.69, 9.17) is 0 Å². The van der Waals surface area contributed by atoms with Crippen molar-refractivity contribution in [3.8, 4) is 44.8 Å². The molecule has 0 saturated heterocycles. The first-order chi connectivity index (χ1) is 29.5. The first-order valence-corrected chi connectivity index (χ1v) is 20.0. The lowest BCUT2D eigenvalue weighted by Crippen LogP contribution is -2.15. The summed E-state index contributed by atoms with van der Waals surface area (Å²) in [5.74, 6) is -0.00579. The van der Waals surface area contributed by atoms with Gasteiger partial charge in [-0.15, -0.1) is 11.3 Å². The Balaban J connectivity index is 0.000000185. The van der Waals surface area contributed by atoms with Crippen LogP contribution in [0, 0.1) is 13.8 Å². The second-order valence-corrected chi connectivity index (χ2v) is 14.8. The molecule has 0 aliphatic heterocycles. The zero-order chi connectivity index (χ0) is 42.8. The maximum atomic E-state index is 13.7. The number of carbonyl (C=O) groups is 2. The van der Waals surface area contributed by atoms with Crippen LogP contribution in [0.4, 0.5) is 24.1 Å². The maximum absolute atomic E-state index is 13.7. The van der Waals surface area contributed by atoms with E-state index >= 15 is 0 Å². The van der Waals surface area contributed by atoms with Crippen molar-refractivity contribution >= 4 is 34.1 Å². The van der Waals surface area contributed by atoms with Gasteiger partial charge in [-0.2, -0.15) is 13.2 Å². The van der Waals surface area contributed by atoms with Crippen LogP contribution < -0.4 is 10.6 Å². The molecular formula is C48H38F3N7O2S. The molecule has 5 aromatic heterocycles. The summed E-state index contributed by atoms with van der Waals surface area (Å²) >= 11 is 1.26. The number of aryl methyl sites for hydroxylation is 2. The number of pyridine rings is 4. The van der Waals surface area contributed by atoms with Gasteiger partial charge < -0.3 is 10.6 Å². The molecule has 61 heavy (non-hydrogen) atoms. The highest BCUT2D eigenvalue weighted by Gasteiger charge is 2.34. The Bertz CT molecular complexity index is 2740. The summed E-state index contributed by atoms with van der Waals surface area (Å²) in [5, 5.41) is 7.73. The molecule has 8 aromatic rings. The number of nitrogens with one attached hydrogen (secondary N) is 2. The van der Waals surface area contributed by atoms with Gasteiger partial charge >= 0.3 is 6.18 Å². The molecule has 0 unspecified atom stereocenters. The summed E-state index contributed by atoms with van der Waals surface area (Å²) in [5.41, 5.74) is 8.13. The Labute approximate surface area is 354 Å². The highest BCUT2D eigenvalue weighted by Crippen LogP contribution is 2.38. The van der Waals surface area contributed by atoms with Gasteiger partial charge in [-0.1, -0.05) is 72.8 Å². The van der Waals surface area contributed by atoms with Crippen LogP contribution in [-0.2, 0) is 28.6 Å². The third kappa shape index (κ3) is 11.4. The van der Waals surface area contributed by atoms with Crippen LogP contribution in [0.2, 0.25) is 0 Å². The third-order valence-electron chi connectivity index (χ3n) is 9.32. The van der Waals surface area contributed by atoms with Crippen LogP contribution in [0.15, 0.2) is 158 Å². The van der Waals surface area contributed by atoms with E-state index in [1.54, 1.807) is 37.6 Å². The summed E-state index contributed by atoms with van der Waals surface area (Å²) in [6.07, 6.45) is 2.27. The standard InChI is InChI=1S/C24H18F3N3OS.C24H20N4O/c1-15-11-18(9-10-28-15)19-8-7-16(12-20(19)24(25,26)27)13-22(31)30-23-29-21(14-32-23)17-5-3-2-4-6-17;1-17-14-20(11-13-25-17)19-7-5-18(6-8-19)15-24(29)28-23-10-9-21(16-27-23)22-4-2-3-12-26-22/h2-12,14H,13H2,1H3,(H,29,30,31);2-14,16H,15H2,1H3,(H,27,28,29). The van der Waals surface area contributed by atoms with Crippen molar-refractivity contribution in [1.29, 1.82) is 0 Å². The number of carbonyl (C=O) groups excluding carboxylic acids is 2. The summed E-state index contributed by atoms with van der Waals surface area (Å²) in [6.45, 7) is 3.69. The lowest BCUT2D eigenvalue weighted by Gasteiger charge is -2.15. The first kappa shape index (κ1) is 41.8. The molecule has 8 rings (SSSR count). The van der Waals surface area contributed by atoms with Gasteiger partial charge in [-0.3, -0.25) is 24.5 Å². The highest BCUT2D eigenvalue weighted by atomic mass is 32.1. The van der Waals surface area contributed by atoms with Crippen LogP contribution in [-0.4, -0.2) is 36.7 Å². The molecular weight excluding hydrogens is 796 g/mol. The highest BCUT2D eigenvalue weighted by molar-refractivity contribution is 7.14. The van der Waals surface area contributed by atoms with Crippen molar-refractivity contribution in [1.82, 2.24) is 24.9 Å². The van der Waals surface area contributed by atoms with Crippen LogP contribution in [0.1, 0.15) is 28.1 Å². The van der Waals surface area contributed by atoms with Gasteiger partial charge in [0.1, 0.15) is 5.82 Å². The Kier molecular flexibility index (Phi) is 13.1. The van der Waals surface area contributed by atoms with E-state index in [9.17, 15) is 22.8 Å². The van der Waals surface area contributed by atoms with Crippen LogP contribution in [0.5, 0.6) is 0 Å².